The first kappa shape index (κ1) is 11.4. The van der Waals surface area contributed by atoms with E-state index in [4.69, 9.17) is 4.74 Å². The van der Waals surface area contributed by atoms with Crippen molar-refractivity contribution in [1.82, 2.24) is 10.6 Å². The number of piperidine rings is 1. The molecule has 1 saturated carbocycles. The molecule has 1 saturated heterocycles. The van der Waals surface area contributed by atoms with Crippen molar-refractivity contribution in [2.75, 3.05) is 0 Å². The van der Waals surface area contributed by atoms with Crippen molar-refractivity contribution in [3.63, 3.8) is 0 Å². The van der Waals surface area contributed by atoms with Crippen LogP contribution in [0.1, 0.15) is 33.6 Å². The number of rotatable bonds is 1. The third kappa shape index (κ3) is 2.72. The number of hydrogen-bond acceptors (Lipinski definition) is 4. The average Bonchev–Trinajstić information content (AvgIpc) is 2.70. The summed E-state index contributed by atoms with van der Waals surface area (Å²) in [6, 6.07) is 0.269. The minimum Gasteiger partial charge on any atom is -0.444 e. The molecular formula is C11H18N2O3. The minimum absolute atomic E-state index is 0.226. The zero-order valence-electron chi connectivity index (χ0n) is 9.87. The number of amides is 2. The number of hydrogen-bond donors (Lipinski definition) is 2. The van der Waals surface area contributed by atoms with Crippen LogP contribution in [0.25, 0.3) is 0 Å². The molecule has 0 radical (unpaired) electrons. The molecule has 0 bridgehead atoms. The molecular weight excluding hydrogens is 208 g/mol. The Kier molecular flexibility index (Phi) is 2.66. The quantitative estimate of drug-likeness (QED) is 0.693. The van der Waals surface area contributed by atoms with Crippen molar-refractivity contribution in [3.05, 3.63) is 0 Å². The molecule has 2 aliphatic rings. The van der Waals surface area contributed by atoms with Gasteiger partial charge in [-0.25, -0.2) is 4.79 Å². The lowest BCUT2D eigenvalue weighted by atomic mass is 10.2. The van der Waals surface area contributed by atoms with Crippen molar-refractivity contribution >= 4 is 12.0 Å². The van der Waals surface area contributed by atoms with Crippen LogP contribution < -0.4 is 10.6 Å². The third-order valence-electron chi connectivity index (χ3n) is 2.82. The van der Waals surface area contributed by atoms with Crippen LogP contribution in [0, 0.1) is 5.92 Å². The summed E-state index contributed by atoms with van der Waals surface area (Å²) in [4.78, 5) is 23.0. The Hall–Kier alpha value is -1.10. The van der Waals surface area contributed by atoms with Crippen molar-refractivity contribution in [1.29, 1.82) is 0 Å². The van der Waals surface area contributed by atoms with E-state index in [1.807, 2.05) is 0 Å². The zero-order valence-corrected chi connectivity index (χ0v) is 9.87. The van der Waals surface area contributed by atoms with E-state index in [0.29, 0.717) is 12.0 Å². The molecule has 3 unspecified atom stereocenters. The molecule has 2 fully saturated rings. The fourth-order valence-electron chi connectivity index (χ4n) is 2.02. The summed E-state index contributed by atoms with van der Waals surface area (Å²) in [5.74, 6) is 0.357. The summed E-state index contributed by atoms with van der Waals surface area (Å²) in [6.07, 6.45) is 1.33. The summed E-state index contributed by atoms with van der Waals surface area (Å²) in [6.45, 7) is 5.29. The van der Waals surface area contributed by atoms with Crippen LogP contribution >= 0.6 is 0 Å². The fraction of sp³-hybridized carbons (Fsp3) is 0.818. The van der Waals surface area contributed by atoms with Crippen molar-refractivity contribution < 1.29 is 14.3 Å². The maximum Gasteiger partial charge on any atom is 0.414 e. The molecule has 1 heterocycles. The number of carbonyl (C=O) groups is 2. The molecule has 90 valence electrons. The van der Waals surface area contributed by atoms with E-state index in [-0.39, 0.29) is 11.9 Å². The first-order valence-corrected chi connectivity index (χ1v) is 5.65. The van der Waals surface area contributed by atoms with Gasteiger partial charge in [0.15, 0.2) is 0 Å². The van der Waals surface area contributed by atoms with Gasteiger partial charge in [0, 0.05) is 6.04 Å². The molecule has 1 aliphatic heterocycles. The Morgan fingerprint density at radius 3 is 2.50 bits per heavy atom. The van der Waals surface area contributed by atoms with Gasteiger partial charge >= 0.3 is 6.09 Å². The van der Waals surface area contributed by atoms with E-state index in [1.54, 1.807) is 20.8 Å². The van der Waals surface area contributed by atoms with Gasteiger partial charge in [-0.05, 0) is 39.5 Å². The predicted octanol–water partition coefficient (Wildman–Crippen LogP) is 0.788. The second kappa shape index (κ2) is 3.73. The SMILES string of the molecule is CC(C)(C)OC(=O)NC(=O)C1CC2CC2N1. The first-order valence-electron chi connectivity index (χ1n) is 5.65. The highest BCUT2D eigenvalue weighted by atomic mass is 16.6. The topological polar surface area (TPSA) is 67.4 Å². The van der Waals surface area contributed by atoms with Crippen molar-refractivity contribution in [3.8, 4) is 0 Å². The Labute approximate surface area is 94.9 Å². The van der Waals surface area contributed by atoms with Gasteiger partial charge < -0.3 is 10.1 Å². The number of carbonyl (C=O) groups excluding carboxylic acids is 2. The summed E-state index contributed by atoms with van der Waals surface area (Å²) in [7, 11) is 0. The standard InChI is InChI=1S/C11H18N2O3/c1-11(2,3)16-10(15)13-9(14)8-5-6-4-7(6)12-8/h6-8,12H,4-5H2,1-3H3,(H,13,14,15). The maximum atomic E-state index is 11.6. The Bertz CT molecular complexity index is 312. The second-order valence-electron chi connectivity index (χ2n) is 5.55. The Balaban J connectivity index is 1.76. The molecule has 1 aliphatic carbocycles. The highest BCUT2D eigenvalue weighted by Gasteiger charge is 2.48. The molecule has 2 rings (SSSR count). The smallest absolute Gasteiger partial charge is 0.414 e. The highest BCUT2D eigenvalue weighted by Crippen LogP contribution is 2.40. The monoisotopic (exact) mass is 226 g/mol. The third-order valence-corrected chi connectivity index (χ3v) is 2.82. The molecule has 2 N–H and O–H groups in total. The van der Waals surface area contributed by atoms with Crippen LogP contribution in [-0.4, -0.2) is 29.7 Å². The summed E-state index contributed by atoms with van der Waals surface area (Å²) in [5, 5.41) is 5.43. The normalized spacial score (nSPS) is 31.8. The molecule has 0 aromatic rings. The largest absolute Gasteiger partial charge is 0.444 e. The number of imide groups is 1. The minimum atomic E-state index is -0.667. The van der Waals surface area contributed by atoms with E-state index in [1.165, 1.54) is 0 Å². The van der Waals surface area contributed by atoms with E-state index < -0.39 is 11.7 Å². The summed E-state index contributed by atoms with van der Waals surface area (Å²) >= 11 is 0. The van der Waals surface area contributed by atoms with Crippen LogP contribution in [0.4, 0.5) is 4.79 Å². The Morgan fingerprint density at radius 1 is 1.31 bits per heavy atom. The number of fused-ring (bicyclic) bond motifs is 1. The molecule has 3 atom stereocenters. The van der Waals surface area contributed by atoms with Gasteiger partial charge in [0.05, 0.1) is 6.04 Å². The molecule has 5 nitrogen and oxygen atoms in total. The van der Waals surface area contributed by atoms with E-state index >= 15 is 0 Å². The van der Waals surface area contributed by atoms with Crippen molar-refractivity contribution in [2.45, 2.75) is 51.3 Å². The van der Waals surface area contributed by atoms with Crippen LogP contribution in [0.5, 0.6) is 0 Å². The summed E-state index contributed by atoms with van der Waals surface area (Å²) < 4.78 is 5.01. The molecule has 5 heteroatoms. The Morgan fingerprint density at radius 2 is 2.00 bits per heavy atom. The van der Waals surface area contributed by atoms with Gasteiger partial charge in [0.2, 0.25) is 5.91 Å². The van der Waals surface area contributed by atoms with E-state index in [2.05, 4.69) is 10.6 Å². The number of nitrogens with one attached hydrogen (secondary N) is 2. The van der Waals surface area contributed by atoms with Gasteiger partial charge in [-0.15, -0.1) is 0 Å². The molecule has 2 amide bonds. The molecule has 0 aromatic carbocycles. The van der Waals surface area contributed by atoms with Gasteiger partial charge in [0.1, 0.15) is 5.60 Å². The van der Waals surface area contributed by atoms with E-state index in [9.17, 15) is 9.59 Å². The second-order valence-corrected chi connectivity index (χ2v) is 5.55. The fourth-order valence-corrected chi connectivity index (χ4v) is 2.02. The zero-order chi connectivity index (χ0) is 11.9. The van der Waals surface area contributed by atoms with E-state index in [0.717, 1.165) is 12.8 Å². The lowest BCUT2D eigenvalue weighted by Crippen LogP contribution is -2.46. The highest BCUT2D eigenvalue weighted by molar-refractivity contribution is 5.95. The number of ether oxygens (including phenoxy) is 1. The van der Waals surface area contributed by atoms with Crippen molar-refractivity contribution in [2.24, 2.45) is 5.92 Å². The van der Waals surface area contributed by atoms with Crippen LogP contribution in [0.2, 0.25) is 0 Å². The van der Waals surface area contributed by atoms with Gasteiger partial charge in [0.25, 0.3) is 0 Å². The molecule has 0 aromatic heterocycles. The van der Waals surface area contributed by atoms with Crippen LogP contribution in [0.3, 0.4) is 0 Å². The van der Waals surface area contributed by atoms with Crippen LogP contribution in [-0.2, 0) is 9.53 Å². The first-order chi connectivity index (χ1) is 7.35. The number of alkyl carbamates (subject to hydrolysis) is 1. The summed E-state index contributed by atoms with van der Waals surface area (Å²) in [5.41, 5.74) is -0.574. The van der Waals surface area contributed by atoms with Gasteiger partial charge in [-0.2, -0.15) is 0 Å². The van der Waals surface area contributed by atoms with Gasteiger partial charge in [-0.1, -0.05) is 0 Å². The molecule has 16 heavy (non-hydrogen) atoms. The van der Waals surface area contributed by atoms with Gasteiger partial charge in [-0.3, -0.25) is 10.1 Å². The average molecular weight is 226 g/mol. The lowest BCUT2D eigenvalue weighted by Gasteiger charge is -2.20. The van der Waals surface area contributed by atoms with Crippen LogP contribution in [0.15, 0.2) is 0 Å². The molecule has 0 spiro atoms. The lowest BCUT2D eigenvalue weighted by molar-refractivity contribution is -0.122. The predicted molar refractivity (Wildman–Crippen MR) is 57.8 cm³/mol. The maximum absolute atomic E-state index is 11.6.